The number of aliphatic imine (C=N–C) groups is 1. The average Bonchev–Trinajstić information content (AvgIpc) is 3.40. The molecule has 4 rings (SSSR count). The van der Waals surface area contributed by atoms with Crippen molar-refractivity contribution in [3.05, 3.63) is 58.9 Å². The summed E-state index contributed by atoms with van der Waals surface area (Å²) >= 11 is 1.77. The highest BCUT2D eigenvalue weighted by molar-refractivity contribution is 8.14. The zero-order valence-electron chi connectivity index (χ0n) is 14.8. The Morgan fingerprint density at radius 3 is 2.72 bits per heavy atom. The second-order valence-corrected chi connectivity index (χ2v) is 7.76. The molecule has 0 radical (unpaired) electrons. The van der Waals surface area contributed by atoms with Crippen molar-refractivity contribution in [1.29, 1.82) is 0 Å². The van der Waals surface area contributed by atoms with Gasteiger partial charge in [0, 0.05) is 29.2 Å². The number of aryl methyl sites for hydroxylation is 2. The normalized spacial score (nSPS) is 19.0. The minimum Gasteiger partial charge on any atom is -0.348 e. The summed E-state index contributed by atoms with van der Waals surface area (Å²) in [5.74, 6) is 0.890. The predicted molar refractivity (Wildman–Crippen MR) is 107 cm³/mol. The number of hydrogen-bond donors (Lipinski definition) is 1. The molecule has 130 valence electrons. The highest BCUT2D eigenvalue weighted by Crippen LogP contribution is 2.26. The average molecular weight is 353 g/mol. The van der Waals surface area contributed by atoms with E-state index in [4.69, 9.17) is 0 Å². The van der Waals surface area contributed by atoms with E-state index in [2.05, 4.69) is 70.3 Å². The van der Waals surface area contributed by atoms with Crippen LogP contribution in [0.15, 0.2) is 46.5 Å². The van der Waals surface area contributed by atoms with Crippen molar-refractivity contribution in [3.8, 4) is 0 Å². The number of amidine groups is 1. The number of benzene rings is 1. The van der Waals surface area contributed by atoms with E-state index < -0.39 is 0 Å². The lowest BCUT2D eigenvalue weighted by Crippen LogP contribution is -2.26. The lowest BCUT2D eigenvalue weighted by molar-refractivity contribution is 0.663. The van der Waals surface area contributed by atoms with Gasteiger partial charge in [0.05, 0.1) is 11.8 Å². The van der Waals surface area contributed by atoms with Gasteiger partial charge in [-0.1, -0.05) is 42.1 Å². The minimum atomic E-state index is 0.537. The molecule has 1 aliphatic heterocycles. The number of hydrogen-bond acceptors (Lipinski definition) is 3. The Bertz CT molecular complexity index is 816. The molecule has 0 bridgehead atoms. The van der Waals surface area contributed by atoms with Gasteiger partial charge in [-0.15, -0.1) is 0 Å². The van der Waals surface area contributed by atoms with Gasteiger partial charge in [0.25, 0.3) is 0 Å². The molecule has 0 spiro atoms. The number of nitrogens with zero attached hydrogens (tertiary/aromatic N) is 3. The van der Waals surface area contributed by atoms with Gasteiger partial charge < -0.3 is 4.57 Å². The highest BCUT2D eigenvalue weighted by atomic mass is 32.2. The zero-order chi connectivity index (χ0) is 17.2. The molecule has 0 saturated heterocycles. The van der Waals surface area contributed by atoms with Crippen molar-refractivity contribution in [1.82, 2.24) is 9.99 Å². The van der Waals surface area contributed by atoms with Gasteiger partial charge >= 0.3 is 0 Å². The van der Waals surface area contributed by atoms with E-state index in [-0.39, 0.29) is 0 Å². The molecule has 2 heterocycles. The molecule has 1 aromatic heterocycles. The molecule has 1 fully saturated rings. The Hall–Kier alpha value is -2.01. The SMILES string of the molecule is Cc1cc(C2=NNC(=NC3CC3)SC2)c(C)n1CCc1ccccc1. The maximum atomic E-state index is 4.64. The van der Waals surface area contributed by atoms with Gasteiger partial charge in [-0.2, -0.15) is 5.10 Å². The van der Waals surface area contributed by atoms with Gasteiger partial charge in [0.15, 0.2) is 5.17 Å². The standard InChI is InChI=1S/C20H24N4S/c1-14-12-18(19-13-25-20(23-22-19)21-17-8-9-17)15(2)24(14)11-10-16-6-4-3-5-7-16/h3-7,12,17H,8-11,13H2,1-2H3,(H,21,23). The lowest BCUT2D eigenvalue weighted by Gasteiger charge is -2.15. The van der Waals surface area contributed by atoms with Crippen LogP contribution < -0.4 is 5.43 Å². The number of aromatic nitrogens is 1. The lowest BCUT2D eigenvalue weighted by atomic mass is 10.1. The van der Waals surface area contributed by atoms with Gasteiger partial charge in [-0.25, -0.2) is 0 Å². The first-order chi connectivity index (χ1) is 12.2. The van der Waals surface area contributed by atoms with Crippen LogP contribution in [0.1, 0.15) is 35.4 Å². The third kappa shape index (κ3) is 3.82. The smallest absolute Gasteiger partial charge is 0.177 e. The quantitative estimate of drug-likeness (QED) is 0.886. The fourth-order valence-electron chi connectivity index (χ4n) is 3.21. The Labute approximate surface area is 153 Å². The summed E-state index contributed by atoms with van der Waals surface area (Å²) in [5.41, 5.74) is 9.51. The molecule has 1 saturated carbocycles. The molecular weight excluding hydrogens is 328 g/mol. The van der Waals surface area contributed by atoms with Crippen molar-refractivity contribution >= 4 is 22.6 Å². The molecule has 1 aliphatic carbocycles. The fraction of sp³-hybridized carbons (Fsp3) is 0.400. The van der Waals surface area contributed by atoms with E-state index in [0.29, 0.717) is 6.04 Å². The van der Waals surface area contributed by atoms with Crippen LogP contribution >= 0.6 is 11.8 Å². The Morgan fingerprint density at radius 1 is 1.24 bits per heavy atom. The van der Waals surface area contributed by atoms with Gasteiger partial charge in [-0.3, -0.25) is 10.4 Å². The van der Waals surface area contributed by atoms with Gasteiger partial charge in [0.2, 0.25) is 0 Å². The van der Waals surface area contributed by atoms with Crippen molar-refractivity contribution < 1.29 is 0 Å². The van der Waals surface area contributed by atoms with Crippen molar-refractivity contribution in [2.75, 3.05) is 5.75 Å². The molecule has 0 amide bonds. The number of rotatable bonds is 5. The summed E-state index contributed by atoms with van der Waals surface area (Å²) in [6.07, 6.45) is 3.50. The summed E-state index contributed by atoms with van der Waals surface area (Å²) in [5, 5.41) is 5.57. The molecule has 0 unspecified atom stereocenters. The van der Waals surface area contributed by atoms with Crippen LogP contribution in [-0.4, -0.2) is 27.2 Å². The Morgan fingerprint density at radius 2 is 2.04 bits per heavy atom. The van der Waals surface area contributed by atoms with Gasteiger partial charge in [-0.05, 0) is 44.7 Å². The summed E-state index contributed by atoms with van der Waals surface area (Å²) in [7, 11) is 0. The van der Waals surface area contributed by atoms with E-state index in [1.165, 1.54) is 35.4 Å². The Balaban J connectivity index is 1.49. The van der Waals surface area contributed by atoms with Gasteiger partial charge in [0.1, 0.15) is 0 Å². The van der Waals surface area contributed by atoms with E-state index in [0.717, 1.165) is 29.6 Å². The molecule has 1 N–H and O–H groups in total. The fourth-order valence-corrected chi connectivity index (χ4v) is 4.04. The zero-order valence-corrected chi connectivity index (χ0v) is 15.6. The van der Waals surface area contributed by atoms with E-state index in [1.54, 1.807) is 11.8 Å². The van der Waals surface area contributed by atoms with E-state index >= 15 is 0 Å². The molecular formula is C20H24N4S. The number of nitrogens with one attached hydrogen (secondary N) is 1. The van der Waals surface area contributed by atoms with Crippen LogP contribution in [0.5, 0.6) is 0 Å². The van der Waals surface area contributed by atoms with Crippen LogP contribution in [0.3, 0.4) is 0 Å². The second-order valence-electron chi connectivity index (χ2n) is 6.80. The molecule has 5 heteroatoms. The molecule has 0 atom stereocenters. The summed E-state index contributed by atoms with van der Waals surface area (Å²) < 4.78 is 2.41. The first-order valence-corrected chi connectivity index (χ1v) is 9.93. The van der Waals surface area contributed by atoms with Crippen molar-refractivity contribution in [2.45, 2.75) is 45.7 Å². The van der Waals surface area contributed by atoms with Crippen LogP contribution in [-0.2, 0) is 13.0 Å². The van der Waals surface area contributed by atoms with Crippen LogP contribution in [0, 0.1) is 13.8 Å². The molecule has 25 heavy (non-hydrogen) atoms. The van der Waals surface area contributed by atoms with Crippen LogP contribution in [0.2, 0.25) is 0 Å². The van der Waals surface area contributed by atoms with Crippen molar-refractivity contribution in [3.63, 3.8) is 0 Å². The highest BCUT2D eigenvalue weighted by Gasteiger charge is 2.23. The largest absolute Gasteiger partial charge is 0.348 e. The van der Waals surface area contributed by atoms with Crippen LogP contribution in [0.25, 0.3) is 0 Å². The predicted octanol–water partition coefficient (Wildman–Crippen LogP) is 3.91. The van der Waals surface area contributed by atoms with E-state index in [1.807, 2.05) is 0 Å². The summed E-state index contributed by atoms with van der Waals surface area (Å²) in [4.78, 5) is 4.64. The molecule has 2 aromatic rings. The van der Waals surface area contributed by atoms with Crippen LogP contribution in [0.4, 0.5) is 0 Å². The first kappa shape index (κ1) is 16.5. The topological polar surface area (TPSA) is 41.7 Å². The number of thioether (sulfide) groups is 1. The maximum Gasteiger partial charge on any atom is 0.177 e. The van der Waals surface area contributed by atoms with E-state index in [9.17, 15) is 0 Å². The third-order valence-corrected chi connectivity index (χ3v) is 5.72. The molecule has 4 nitrogen and oxygen atoms in total. The molecule has 2 aliphatic rings. The first-order valence-electron chi connectivity index (χ1n) is 8.95. The van der Waals surface area contributed by atoms with Crippen molar-refractivity contribution in [2.24, 2.45) is 10.1 Å². The number of hydrazone groups is 1. The summed E-state index contributed by atoms with van der Waals surface area (Å²) in [6.45, 7) is 5.39. The monoisotopic (exact) mass is 352 g/mol. The summed E-state index contributed by atoms with van der Waals surface area (Å²) in [6, 6.07) is 13.5. The maximum absolute atomic E-state index is 4.64. The Kier molecular flexibility index (Phi) is 4.66. The molecule has 1 aromatic carbocycles. The third-order valence-electron chi connectivity index (χ3n) is 4.83. The minimum absolute atomic E-state index is 0.537. The second kappa shape index (κ2) is 7.08.